The maximum Gasteiger partial charge on any atom is 0.255 e. The Morgan fingerprint density at radius 1 is 0.821 bits per heavy atom. The van der Waals surface area contributed by atoms with Gasteiger partial charge < -0.3 is 5.32 Å². The number of aryl methyl sites for hydroxylation is 2. The first kappa shape index (κ1) is 17.7. The zero-order chi connectivity index (χ0) is 19.5. The van der Waals surface area contributed by atoms with Gasteiger partial charge in [-0.3, -0.25) is 9.36 Å². The number of hydrogen-bond acceptors (Lipinski definition) is 3. The van der Waals surface area contributed by atoms with E-state index in [1.165, 1.54) is 0 Å². The van der Waals surface area contributed by atoms with E-state index < -0.39 is 0 Å². The summed E-state index contributed by atoms with van der Waals surface area (Å²) in [7, 11) is 0. The Balaban J connectivity index is 1.55. The van der Waals surface area contributed by atoms with E-state index in [0.29, 0.717) is 5.56 Å². The number of rotatable bonds is 4. The minimum atomic E-state index is -0.122. The molecular formula is C23H20N4O. The molecule has 0 saturated heterocycles. The van der Waals surface area contributed by atoms with Gasteiger partial charge in [0.05, 0.1) is 0 Å². The van der Waals surface area contributed by atoms with Crippen molar-refractivity contribution in [3.05, 3.63) is 96.1 Å². The number of nitrogens with zero attached hydrogens (tertiary/aromatic N) is 3. The highest BCUT2D eigenvalue weighted by molar-refractivity contribution is 6.05. The van der Waals surface area contributed by atoms with Gasteiger partial charge in [-0.2, -0.15) is 0 Å². The van der Waals surface area contributed by atoms with Crippen molar-refractivity contribution >= 4 is 11.6 Å². The summed E-state index contributed by atoms with van der Waals surface area (Å²) >= 11 is 0. The predicted octanol–water partition coefficient (Wildman–Crippen LogP) is 4.80. The summed E-state index contributed by atoms with van der Waals surface area (Å²) in [6.45, 7) is 3.96. The smallest absolute Gasteiger partial charge is 0.255 e. The van der Waals surface area contributed by atoms with Crippen LogP contribution in [0.5, 0.6) is 0 Å². The molecule has 5 heteroatoms. The van der Waals surface area contributed by atoms with Gasteiger partial charge in [-0.15, -0.1) is 10.2 Å². The predicted molar refractivity (Wildman–Crippen MR) is 111 cm³/mol. The Labute approximate surface area is 163 Å². The van der Waals surface area contributed by atoms with Gasteiger partial charge >= 0.3 is 0 Å². The van der Waals surface area contributed by atoms with E-state index in [0.717, 1.165) is 33.6 Å². The highest BCUT2D eigenvalue weighted by Crippen LogP contribution is 2.25. The average molecular weight is 368 g/mol. The van der Waals surface area contributed by atoms with Crippen molar-refractivity contribution in [2.24, 2.45) is 0 Å². The highest BCUT2D eigenvalue weighted by Gasteiger charge is 2.12. The van der Waals surface area contributed by atoms with Gasteiger partial charge in [0.15, 0.2) is 0 Å². The Morgan fingerprint density at radius 3 is 2.00 bits per heavy atom. The summed E-state index contributed by atoms with van der Waals surface area (Å²) in [6, 6.07) is 21.8. The Morgan fingerprint density at radius 2 is 1.39 bits per heavy atom. The monoisotopic (exact) mass is 368 g/mol. The van der Waals surface area contributed by atoms with Crippen LogP contribution in [0, 0.1) is 13.8 Å². The zero-order valence-corrected chi connectivity index (χ0v) is 15.8. The number of aromatic nitrogens is 3. The normalized spacial score (nSPS) is 10.6. The largest absolute Gasteiger partial charge is 0.322 e. The second-order valence-corrected chi connectivity index (χ2v) is 6.72. The lowest BCUT2D eigenvalue weighted by Gasteiger charge is -2.14. The van der Waals surface area contributed by atoms with E-state index in [2.05, 4.69) is 27.6 Å². The van der Waals surface area contributed by atoms with Crippen LogP contribution >= 0.6 is 0 Å². The molecule has 0 spiro atoms. The minimum absolute atomic E-state index is 0.122. The molecular weight excluding hydrogens is 348 g/mol. The minimum Gasteiger partial charge on any atom is -0.322 e. The maximum atomic E-state index is 12.7. The van der Waals surface area contributed by atoms with Crippen LogP contribution in [0.15, 0.2) is 79.4 Å². The standard InChI is InChI=1S/C23H20N4O/c1-16-12-21(27-14-24-25-15-27)13-17(2)22(16)26-23(28)20-10-8-19(9-11-20)18-6-4-3-5-7-18/h3-15H,1-2H3,(H,26,28). The second kappa shape index (κ2) is 7.48. The molecule has 4 aromatic rings. The third-order valence-corrected chi connectivity index (χ3v) is 4.73. The fraction of sp³-hybridized carbons (Fsp3) is 0.0870. The van der Waals surface area contributed by atoms with E-state index in [1.54, 1.807) is 12.7 Å². The van der Waals surface area contributed by atoms with E-state index >= 15 is 0 Å². The molecule has 1 N–H and O–H groups in total. The first-order chi connectivity index (χ1) is 13.6. The molecule has 5 nitrogen and oxygen atoms in total. The van der Waals surface area contributed by atoms with Gasteiger partial charge in [-0.25, -0.2) is 0 Å². The third kappa shape index (κ3) is 3.55. The SMILES string of the molecule is Cc1cc(-n2cnnc2)cc(C)c1NC(=O)c1ccc(-c2ccccc2)cc1. The molecule has 0 atom stereocenters. The molecule has 0 aliphatic carbocycles. The van der Waals surface area contributed by atoms with E-state index in [4.69, 9.17) is 0 Å². The second-order valence-electron chi connectivity index (χ2n) is 6.72. The molecule has 0 radical (unpaired) electrons. The van der Waals surface area contributed by atoms with Crippen molar-refractivity contribution in [2.45, 2.75) is 13.8 Å². The van der Waals surface area contributed by atoms with E-state index in [9.17, 15) is 4.79 Å². The summed E-state index contributed by atoms with van der Waals surface area (Å²) in [5, 5.41) is 10.7. The Bertz CT molecular complexity index is 1080. The van der Waals surface area contributed by atoms with Gasteiger partial charge in [-0.05, 0) is 60.4 Å². The molecule has 0 fully saturated rings. The number of anilines is 1. The molecule has 1 heterocycles. The van der Waals surface area contributed by atoms with Crippen LogP contribution in [0.3, 0.4) is 0 Å². The van der Waals surface area contributed by atoms with Crippen LogP contribution < -0.4 is 5.32 Å². The summed E-state index contributed by atoms with van der Waals surface area (Å²) in [5.74, 6) is -0.122. The van der Waals surface area contributed by atoms with Gasteiger partial charge in [0.2, 0.25) is 0 Å². The first-order valence-corrected chi connectivity index (χ1v) is 9.05. The molecule has 0 aliphatic heterocycles. The lowest BCUT2D eigenvalue weighted by atomic mass is 10.0. The van der Waals surface area contributed by atoms with Crippen LogP contribution in [0.4, 0.5) is 5.69 Å². The molecule has 28 heavy (non-hydrogen) atoms. The number of carbonyl (C=O) groups is 1. The molecule has 0 bridgehead atoms. The lowest BCUT2D eigenvalue weighted by molar-refractivity contribution is 0.102. The van der Waals surface area contributed by atoms with Crippen molar-refractivity contribution in [2.75, 3.05) is 5.32 Å². The maximum absolute atomic E-state index is 12.7. The van der Waals surface area contributed by atoms with Gasteiger partial charge in [0.25, 0.3) is 5.91 Å². The van der Waals surface area contributed by atoms with Crippen LogP contribution in [0.25, 0.3) is 16.8 Å². The molecule has 4 rings (SSSR count). The summed E-state index contributed by atoms with van der Waals surface area (Å²) in [6.07, 6.45) is 3.31. The topological polar surface area (TPSA) is 59.8 Å². The summed E-state index contributed by atoms with van der Waals surface area (Å²) < 4.78 is 1.84. The summed E-state index contributed by atoms with van der Waals surface area (Å²) in [5.41, 5.74) is 6.60. The first-order valence-electron chi connectivity index (χ1n) is 9.05. The average Bonchev–Trinajstić information content (AvgIpc) is 3.26. The quantitative estimate of drug-likeness (QED) is 0.563. The number of hydrogen-bond donors (Lipinski definition) is 1. The lowest BCUT2D eigenvalue weighted by Crippen LogP contribution is -2.14. The fourth-order valence-electron chi connectivity index (χ4n) is 3.25. The summed E-state index contributed by atoms with van der Waals surface area (Å²) in [4.78, 5) is 12.7. The van der Waals surface area contributed by atoms with Crippen LogP contribution in [0.1, 0.15) is 21.5 Å². The third-order valence-electron chi connectivity index (χ3n) is 4.73. The van der Waals surface area contributed by atoms with Crippen molar-refractivity contribution in [1.29, 1.82) is 0 Å². The molecule has 1 amide bonds. The molecule has 1 aromatic heterocycles. The van der Waals surface area contributed by atoms with Crippen LogP contribution in [-0.2, 0) is 0 Å². The molecule has 0 saturated carbocycles. The number of benzene rings is 3. The zero-order valence-electron chi connectivity index (χ0n) is 15.8. The van der Waals surface area contributed by atoms with Crippen molar-refractivity contribution in [3.8, 4) is 16.8 Å². The highest BCUT2D eigenvalue weighted by atomic mass is 16.1. The Kier molecular flexibility index (Phi) is 4.72. The fourth-order valence-corrected chi connectivity index (χ4v) is 3.25. The molecule has 3 aromatic carbocycles. The van der Waals surface area contributed by atoms with Gasteiger partial charge in [0, 0.05) is 16.9 Å². The van der Waals surface area contributed by atoms with Gasteiger partial charge in [-0.1, -0.05) is 42.5 Å². The van der Waals surface area contributed by atoms with Crippen molar-refractivity contribution in [3.63, 3.8) is 0 Å². The van der Waals surface area contributed by atoms with Crippen LogP contribution in [-0.4, -0.2) is 20.7 Å². The molecule has 138 valence electrons. The number of nitrogens with one attached hydrogen (secondary N) is 1. The Hall–Kier alpha value is -3.73. The molecule has 0 unspecified atom stereocenters. The van der Waals surface area contributed by atoms with E-state index in [-0.39, 0.29) is 5.91 Å². The van der Waals surface area contributed by atoms with Gasteiger partial charge in [0.1, 0.15) is 12.7 Å². The number of carbonyl (C=O) groups excluding carboxylic acids is 1. The number of amides is 1. The van der Waals surface area contributed by atoms with E-state index in [1.807, 2.05) is 73.0 Å². The van der Waals surface area contributed by atoms with Crippen LogP contribution in [0.2, 0.25) is 0 Å². The molecule has 0 aliphatic rings. The van der Waals surface area contributed by atoms with Crippen molar-refractivity contribution in [1.82, 2.24) is 14.8 Å². The van der Waals surface area contributed by atoms with Crippen molar-refractivity contribution < 1.29 is 4.79 Å².